The Hall–Kier alpha value is -2.34. The average Bonchev–Trinajstić information content (AvgIpc) is 3.15. The molecular weight excluding hydrogens is 328 g/mol. The number of ether oxygens (including phenoxy) is 1. The van der Waals surface area contributed by atoms with Gasteiger partial charge in [-0.1, -0.05) is 18.2 Å². The van der Waals surface area contributed by atoms with Crippen LogP contribution in [0.1, 0.15) is 49.6 Å². The highest BCUT2D eigenvalue weighted by atomic mass is 16.5. The summed E-state index contributed by atoms with van der Waals surface area (Å²) in [5, 5.41) is 11.0. The minimum absolute atomic E-state index is 0.0714. The van der Waals surface area contributed by atoms with Gasteiger partial charge in [0.05, 0.1) is 11.7 Å². The summed E-state index contributed by atoms with van der Waals surface area (Å²) in [6.07, 6.45) is 4.06. The van der Waals surface area contributed by atoms with Gasteiger partial charge in [-0.25, -0.2) is 0 Å². The highest BCUT2D eigenvalue weighted by Crippen LogP contribution is 2.37. The Kier molecular flexibility index (Phi) is 4.23. The second-order valence-corrected chi connectivity index (χ2v) is 7.89. The summed E-state index contributed by atoms with van der Waals surface area (Å²) in [5.41, 5.74) is 3.32. The minimum atomic E-state index is -0.144. The first-order valence-electron chi connectivity index (χ1n) is 9.23. The molecule has 1 saturated heterocycles. The van der Waals surface area contributed by atoms with Crippen LogP contribution in [-0.2, 0) is 24.8 Å². The van der Waals surface area contributed by atoms with Gasteiger partial charge >= 0.3 is 0 Å². The Labute approximate surface area is 153 Å². The zero-order valence-electron chi connectivity index (χ0n) is 15.6. The molecular formula is C20H26N4O2. The average molecular weight is 354 g/mol. The molecule has 1 amide bonds. The third-order valence-corrected chi connectivity index (χ3v) is 5.31. The van der Waals surface area contributed by atoms with E-state index in [1.807, 2.05) is 17.8 Å². The number of hydrogen-bond acceptors (Lipinski definition) is 4. The van der Waals surface area contributed by atoms with Gasteiger partial charge in [0.2, 0.25) is 5.91 Å². The van der Waals surface area contributed by atoms with Crippen LogP contribution in [0.15, 0.2) is 30.5 Å². The smallest absolute Gasteiger partial charge is 0.220 e. The number of benzene rings is 1. The lowest BCUT2D eigenvalue weighted by Crippen LogP contribution is -2.48. The molecule has 0 saturated carbocycles. The standard InChI is InChI=1S/C20H26N4O2/c1-20(2)11-13-5-4-6-14(19(13)26-20)12-21-15-7-8-17(25)23-18(15)16-9-10-22-24(16)3/h4-6,9-10,15,18,21H,7-8,11-12H2,1-3H3,(H,23,25)/t15-,18-/m1/s1. The Morgan fingerprint density at radius 3 is 3.00 bits per heavy atom. The van der Waals surface area contributed by atoms with Crippen LogP contribution in [0.25, 0.3) is 0 Å². The molecule has 1 fully saturated rings. The number of nitrogens with zero attached hydrogens (tertiary/aromatic N) is 2. The van der Waals surface area contributed by atoms with E-state index in [0.29, 0.717) is 13.0 Å². The van der Waals surface area contributed by atoms with Gasteiger partial charge in [0, 0.05) is 44.2 Å². The van der Waals surface area contributed by atoms with E-state index in [1.165, 1.54) is 11.1 Å². The quantitative estimate of drug-likeness (QED) is 0.884. The van der Waals surface area contributed by atoms with Crippen molar-refractivity contribution < 1.29 is 9.53 Å². The maximum atomic E-state index is 11.9. The molecule has 0 aliphatic carbocycles. The van der Waals surface area contributed by atoms with E-state index in [9.17, 15) is 4.79 Å². The number of fused-ring (bicyclic) bond motifs is 1. The Morgan fingerprint density at radius 1 is 1.38 bits per heavy atom. The summed E-state index contributed by atoms with van der Waals surface area (Å²) >= 11 is 0. The minimum Gasteiger partial charge on any atom is -0.487 e. The largest absolute Gasteiger partial charge is 0.487 e. The number of carbonyl (C=O) groups excluding carboxylic acids is 1. The highest BCUT2D eigenvalue weighted by molar-refractivity contribution is 5.77. The van der Waals surface area contributed by atoms with E-state index in [1.54, 1.807) is 6.20 Å². The van der Waals surface area contributed by atoms with Crippen LogP contribution in [0.5, 0.6) is 5.75 Å². The molecule has 0 unspecified atom stereocenters. The maximum absolute atomic E-state index is 11.9. The molecule has 0 radical (unpaired) electrons. The van der Waals surface area contributed by atoms with E-state index in [0.717, 1.165) is 24.3 Å². The summed E-state index contributed by atoms with van der Waals surface area (Å²) in [5.74, 6) is 1.11. The zero-order valence-corrected chi connectivity index (χ0v) is 15.6. The van der Waals surface area contributed by atoms with Crippen molar-refractivity contribution >= 4 is 5.91 Å². The molecule has 3 heterocycles. The number of aromatic nitrogens is 2. The first kappa shape index (κ1) is 17.1. The number of rotatable bonds is 4. The molecule has 138 valence electrons. The van der Waals surface area contributed by atoms with Crippen molar-refractivity contribution in [2.24, 2.45) is 7.05 Å². The van der Waals surface area contributed by atoms with Crippen molar-refractivity contribution in [3.63, 3.8) is 0 Å². The number of amides is 1. The van der Waals surface area contributed by atoms with E-state index >= 15 is 0 Å². The fraction of sp³-hybridized carbons (Fsp3) is 0.500. The predicted octanol–water partition coefficient (Wildman–Crippen LogP) is 2.24. The molecule has 1 aromatic carbocycles. The van der Waals surface area contributed by atoms with E-state index in [4.69, 9.17) is 4.74 Å². The van der Waals surface area contributed by atoms with Crippen molar-refractivity contribution in [2.75, 3.05) is 0 Å². The lowest BCUT2D eigenvalue weighted by molar-refractivity contribution is -0.124. The van der Waals surface area contributed by atoms with Gasteiger partial charge in [0.25, 0.3) is 0 Å². The number of aryl methyl sites for hydroxylation is 1. The molecule has 4 rings (SSSR count). The highest BCUT2D eigenvalue weighted by Gasteiger charge is 2.33. The van der Waals surface area contributed by atoms with Crippen LogP contribution in [0.2, 0.25) is 0 Å². The van der Waals surface area contributed by atoms with Crippen LogP contribution in [0.3, 0.4) is 0 Å². The summed E-state index contributed by atoms with van der Waals surface area (Å²) in [4.78, 5) is 11.9. The van der Waals surface area contributed by atoms with Gasteiger partial charge in [0.15, 0.2) is 0 Å². The van der Waals surface area contributed by atoms with Crippen LogP contribution < -0.4 is 15.4 Å². The molecule has 2 aromatic rings. The third-order valence-electron chi connectivity index (χ3n) is 5.31. The van der Waals surface area contributed by atoms with Crippen LogP contribution >= 0.6 is 0 Å². The molecule has 6 nitrogen and oxygen atoms in total. The van der Waals surface area contributed by atoms with Crippen molar-refractivity contribution in [3.05, 3.63) is 47.3 Å². The van der Waals surface area contributed by atoms with Gasteiger partial charge in [-0.05, 0) is 31.9 Å². The van der Waals surface area contributed by atoms with Gasteiger partial charge < -0.3 is 15.4 Å². The van der Waals surface area contributed by atoms with Gasteiger partial charge in [-0.3, -0.25) is 9.48 Å². The lowest BCUT2D eigenvalue weighted by atomic mass is 9.94. The summed E-state index contributed by atoms with van der Waals surface area (Å²) in [7, 11) is 1.91. The second kappa shape index (κ2) is 6.43. The van der Waals surface area contributed by atoms with Gasteiger partial charge in [0.1, 0.15) is 11.4 Å². The van der Waals surface area contributed by atoms with Crippen molar-refractivity contribution in [3.8, 4) is 5.75 Å². The van der Waals surface area contributed by atoms with Crippen LogP contribution in [0, 0.1) is 0 Å². The SMILES string of the molecule is Cn1nccc1[C@@H]1NC(=O)CC[C@H]1NCc1cccc2c1OC(C)(C)C2. The maximum Gasteiger partial charge on any atom is 0.220 e. The molecule has 6 heteroatoms. The molecule has 0 spiro atoms. The molecule has 2 atom stereocenters. The van der Waals surface area contributed by atoms with Crippen molar-refractivity contribution in [2.45, 2.75) is 57.3 Å². The van der Waals surface area contributed by atoms with E-state index < -0.39 is 0 Å². The molecule has 1 aromatic heterocycles. The third kappa shape index (κ3) is 3.21. The number of nitrogens with one attached hydrogen (secondary N) is 2. The normalized spacial score (nSPS) is 24.0. The molecule has 0 bridgehead atoms. The second-order valence-electron chi connectivity index (χ2n) is 7.89. The first-order valence-corrected chi connectivity index (χ1v) is 9.23. The van der Waals surface area contributed by atoms with Crippen LogP contribution in [0.4, 0.5) is 0 Å². The Morgan fingerprint density at radius 2 is 2.23 bits per heavy atom. The van der Waals surface area contributed by atoms with E-state index in [-0.39, 0.29) is 23.6 Å². The Balaban J connectivity index is 1.52. The Bertz CT molecular complexity index is 827. The lowest BCUT2D eigenvalue weighted by Gasteiger charge is -2.33. The number of hydrogen-bond donors (Lipinski definition) is 2. The summed E-state index contributed by atoms with van der Waals surface area (Å²) < 4.78 is 8.01. The number of carbonyl (C=O) groups is 1. The monoisotopic (exact) mass is 354 g/mol. The van der Waals surface area contributed by atoms with Crippen LogP contribution in [-0.4, -0.2) is 27.3 Å². The van der Waals surface area contributed by atoms with Crippen molar-refractivity contribution in [1.82, 2.24) is 20.4 Å². The molecule has 2 N–H and O–H groups in total. The fourth-order valence-electron chi connectivity index (χ4n) is 4.05. The van der Waals surface area contributed by atoms with Crippen molar-refractivity contribution in [1.29, 1.82) is 0 Å². The molecule has 2 aliphatic heterocycles. The topological polar surface area (TPSA) is 68.2 Å². The van der Waals surface area contributed by atoms with E-state index in [2.05, 4.69) is 47.8 Å². The summed E-state index contributed by atoms with van der Waals surface area (Å²) in [6, 6.07) is 8.42. The van der Waals surface area contributed by atoms with Gasteiger partial charge in [-0.15, -0.1) is 0 Å². The number of piperidine rings is 1. The fourth-order valence-corrected chi connectivity index (χ4v) is 4.05. The first-order chi connectivity index (χ1) is 12.4. The molecule has 26 heavy (non-hydrogen) atoms. The molecule has 2 aliphatic rings. The number of para-hydroxylation sites is 1. The summed E-state index contributed by atoms with van der Waals surface area (Å²) in [6.45, 7) is 4.97. The zero-order chi connectivity index (χ0) is 18.3. The predicted molar refractivity (Wildman–Crippen MR) is 98.8 cm³/mol. The van der Waals surface area contributed by atoms with Gasteiger partial charge in [-0.2, -0.15) is 5.10 Å².